The van der Waals surface area contributed by atoms with Crippen molar-refractivity contribution in [3.05, 3.63) is 65.6 Å². The normalized spacial score (nSPS) is 10.6. The Morgan fingerprint density at radius 1 is 1.21 bits per heavy atom. The molecular weight excluding hydrogens is 349 g/mol. The van der Waals surface area contributed by atoms with Gasteiger partial charge in [-0.1, -0.05) is 47.6 Å². The second-order valence-electron chi connectivity index (χ2n) is 4.93. The van der Waals surface area contributed by atoms with E-state index in [1.165, 1.54) is 23.9 Å². The van der Waals surface area contributed by atoms with Crippen LogP contribution in [0.5, 0.6) is 0 Å². The summed E-state index contributed by atoms with van der Waals surface area (Å²) < 4.78 is 13.5. The molecule has 3 rings (SSSR count). The van der Waals surface area contributed by atoms with Gasteiger partial charge in [0.25, 0.3) is 0 Å². The predicted molar refractivity (Wildman–Crippen MR) is 94.8 cm³/mol. The molecule has 0 aliphatic carbocycles. The number of carbonyl (C=O) groups excluding carboxylic acids is 1. The van der Waals surface area contributed by atoms with Gasteiger partial charge < -0.3 is 10.3 Å². The summed E-state index contributed by atoms with van der Waals surface area (Å²) in [6.07, 6.45) is 1.69. The lowest BCUT2D eigenvalue weighted by Gasteiger charge is -2.05. The highest BCUT2D eigenvalue weighted by atomic mass is 35.5. The van der Waals surface area contributed by atoms with E-state index in [1.807, 2.05) is 12.1 Å². The minimum Gasteiger partial charge on any atom is -0.333 e. The molecule has 0 radical (unpaired) electrons. The van der Waals surface area contributed by atoms with E-state index in [0.717, 1.165) is 11.3 Å². The van der Waals surface area contributed by atoms with Gasteiger partial charge in [0, 0.05) is 5.02 Å². The summed E-state index contributed by atoms with van der Waals surface area (Å²) in [5.74, 6) is -0.629. The molecule has 1 amide bonds. The summed E-state index contributed by atoms with van der Waals surface area (Å²) in [6.45, 7) is 0. The summed E-state index contributed by atoms with van der Waals surface area (Å²) in [4.78, 5) is 19.3. The van der Waals surface area contributed by atoms with E-state index in [9.17, 15) is 9.18 Å². The molecule has 1 aromatic heterocycles. The molecule has 0 fully saturated rings. The number of hydrogen-bond acceptors (Lipinski definition) is 3. The Hall–Kier alpha value is -2.31. The van der Waals surface area contributed by atoms with Gasteiger partial charge in [-0.05, 0) is 29.8 Å². The molecule has 0 saturated carbocycles. The smallest absolute Gasteiger partial charge is 0.234 e. The molecule has 2 N–H and O–H groups in total. The molecule has 0 spiro atoms. The zero-order valence-electron chi connectivity index (χ0n) is 12.4. The molecule has 122 valence electrons. The third kappa shape index (κ3) is 4.15. The van der Waals surface area contributed by atoms with Crippen molar-refractivity contribution in [3.63, 3.8) is 0 Å². The highest BCUT2D eigenvalue weighted by Crippen LogP contribution is 2.23. The summed E-state index contributed by atoms with van der Waals surface area (Å²) in [7, 11) is 0. The van der Waals surface area contributed by atoms with E-state index < -0.39 is 5.82 Å². The summed E-state index contributed by atoms with van der Waals surface area (Å²) in [5.41, 5.74) is 1.96. The lowest BCUT2D eigenvalue weighted by molar-refractivity contribution is -0.113. The number of rotatable bonds is 5. The van der Waals surface area contributed by atoms with E-state index in [0.29, 0.717) is 10.2 Å². The second kappa shape index (κ2) is 7.51. The topological polar surface area (TPSA) is 57.8 Å². The van der Waals surface area contributed by atoms with Crippen molar-refractivity contribution in [2.45, 2.75) is 5.16 Å². The fourth-order valence-electron chi connectivity index (χ4n) is 2.04. The molecule has 24 heavy (non-hydrogen) atoms. The molecule has 1 heterocycles. The van der Waals surface area contributed by atoms with Gasteiger partial charge in [-0.3, -0.25) is 4.79 Å². The van der Waals surface area contributed by atoms with E-state index >= 15 is 0 Å². The first kappa shape index (κ1) is 16.5. The Labute approximate surface area is 147 Å². The maximum atomic E-state index is 13.5. The number of H-pyrrole nitrogens is 1. The highest BCUT2D eigenvalue weighted by molar-refractivity contribution is 7.99. The van der Waals surface area contributed by atoms with Crippen molar-refractivity contribution >= 4 is 35.0 Å². The lowest BCUT2D eigenvalue weighted by atomic mass is 10.2. The number of aromatic amines is 1. The highest BCUT2D eigenvalue weighted by Gasteiger charge is 2.09. The van der Waals surface area contributed by atoms with Crippen LogP contribution < -0.4 is 5.32 Å². The number of amides is 1. The number of nitrogens with zero attached hydrogens (tertiary/aromatic N) is 1. The molecule has 4 nitrogen and oxygen atoms in total. The van der Waals surface area contributed by atoms with Crippen molar-refractivity contribution in [2.24, 2.45) is 0 Å². The zero-order chi connectivity index (χ0) is 16.9. The third-order valence-electron chi connectivity index (χ3n) is 3.20. The van der Waals surface area contributed by atoms with Crippen molar-refractivity contribution in [1.82, 2.24) is 9.97 Å². The number of thioether (sulfide) groups is 1. The van der Waals surface area contributed by atoms with Gasteiger partial charge in [0.15, 0.2) is 5.16 Å². The standard InChI is InChI=1S/C17H13ClFN3OS/c18-12-7-5-11(6-8-12)15-9-20-17(22-15)24-10-16(23)21-14-4-2-1-3-13(14)19/h1-9H,10H2,(H,20,22)(H,21,23). The molecule has 0 atom stereocenters. The van der Waals surface area contributed by atoms with Gasteiger partial charge in [-0.25, -0.2) is 9.37 Å². The number of imidazole rings is 1. The molecule has 0 bridgehead atoms. The Morgan fingerprint density at radius 3 is 2.71 bits per heavy atom. The van der Waals surface area contributed by atoms with E-state index in [-0.39, 0.29) is 17.3 Å². The number of hydrogen-bond donors (Lipinski definition) is 2. The molecule has 3 aromatic rings. The van der Waals surface area contributed by atoms with E-state index in [1.54, 1.807) is 30.5 Å². The van der Waals surface area contributed by atoms with Crippen molar-refractivity contribution < 1.29 is 9.18 Å². The number of nitrogens with one attached hydrogen (secondary N) is 2. The minimum absolute atomic E-state index is 0.127. The molecule has 0 unspecified atom stereocenters. The molecule has 0 aliphatic rings. The molecule has 7 heteroatoms. The number of benzene rings is 2. The largest absolute Gasteiger partial charge is 0.333 e. The quantitative estimate of drug-likeness (QED) is 0.653. The predicted octanol–water partition coefficient (Wildman–Crippen LogP) is 4.60. The SMILES string of the molecule is O=C(CSc1ncc(-c2ccc(Cl)cc2)[nH]1)Nc1ccccc1F. The number of carbonyl (C=O) groups is 1. The first-order valence-corrected chi connectivity index (χ1v) is 8.46. The van der Waals surface area contributed by atoms with Crippen molar-refractivity contribution in [3.8, 4) is 11.3 Å². The number of halogens is 2. The molecule has 0 aliphatic heterocycles. The maximum Gasteiger partial charge on any atom is 0.234 e. The van der Waals surface area contributed by atoms with Gasteiger partial charge in [0.2, 0.25) is 5.91 Å². The fourth-order valence-corrected chi connectivity index (χ4v) is 2.81. The van der Waals surface area contributed by atoms with Crippen LogP contribution in [0, 0.1) is 5.82 Å². The Kier molecular flexibility index (Phi) is 5.17. The molecular formula is C17H13ClFN3OS. The second-order valence-corrected chi connectivity index (χ2v) is 6.33. The first-order valence-electron chi connectivity index (χ1n) is 7.10. The molecule has 0 saturated heterocycles. The van der Waals surface area contributed by atoms with Crippen LogP contribution in [0.2, 0.25) is 5.02 Å². The number of aromatic nitrogens is 2. The summed E-state index contributed by atoms with van der Waals surface area (Å²) >= 11 is 7.11. The van der Waals surface area contributed by atoms with Gasteiger partial charge in [-0.15, -0.1) is 0 Å². The van der Waals surface area contributed by atoms with Gasteiger partial charge in [-0.2, -0.15) is 0 Å². The average molecular weight is 362 g/mol. The van der Waals surface area contributed by atoms with Crippen LogP contribution in [0.3, 0.4) is 0 Å². The maximum absolute atomic E-state index is 13.5. The first-order chi connectivity index (χ1) is 11.6. The zero-order valence-corrected chi connectivity index (χ0v) is 14.0. The fraction of sp³-hybridized carbons (Fsp3) is 0.0588. The summed E-state index contributed by atoms with van der Waals surface area (Å²) in [5, 5.41) is 3.81. The number of para-hydroxylation sites is 1. The van der Waals surface area contributed by atoms with Crippen molar-refractivity contribution in [1.29, 1.82) is 0 Å². The monoisotopic (exact) mass is 361 g/mol. The van der Waals surface area contributed by atoms with Crippen LogP contribution in [0.1, 0.15) is 0 Å². The van der Waals surface area contributed by atoms with Crippen LogP contribution >= 0.6 is 23.4 Å². The van der Waals surface area contributed by atoms with Crippen LogP contribution in [0.25, 0.3) is 11.3 Å². The van der Waals surface area contributed by atoms with E-state index in [4.69, 9.17) is 11.6 Å². The van der Waals surface area contributed by atoms with Crippen LogP contribution in [0.15, 0.2) is 59.9 Å². The summed E-state index contributed by atoms with van der Waals surface area (Å²) in [6, 6.07) is 13.4. The van der Waals surface area contributed by atoms with Crippen LogP contribution in [0.4, 0.5) is 10.1 Å². The Morgan fingerprint density at radius 2 is 1.96 bits per heavy atom. The lowest BCUT2D eigenvalue weighted by Crippen LogP contribution is -2.15. The van der Waals surface area contributed by atoms with Gasteiger partial charge in [0.1, 0.15) is 5.82 Å². The van der Waals surface area contributed by atoms with Gasteiger partial charge in [0.05, 0.1) is 23.3 Å². The van der Waals surface area contributed by atoms with Crippen LogP contribution in [-0.4, -0.2) is 21.6 Å². The molecule has 2 aromatic carbocycles. The third-order valence-corrected chi connectivity index (χ3v) is 4.34. The van der Waals surface area contributed by atoms with E-state index in [2.05, 4.69) is 15.3 Å². The van der Waals surface area contributed by atoms with Gasteiger partial charge >= 0.3 is 0 Å². The number of anilines is 1. The Balaban J connectivity index is 1.58. The average Bonchev–Trinajstić information content (AvgIpc) is 3.05. The van der Waals surface area contributed by atoms with Crippen molar-refractivity contribution in [2.75, 3.05) is 11.1 Å². The minimum atomic E-state index is -0.459. The Bertz CT molecular complexity index is 851. The van der Waals surface area contributed by atoms with Crippen LogP contribution in [-0.2, 0) is 4.79 Å².